The van der Waals surface area contributed by atoms with Crippen LogP contribution in [-0.2, 0) is 4.79 Å². The first-order chi connectivity index (χ1) is 10.1. The number of amides is 2. The second-order valence-electron chi connectivity index (χ2n) is 4.70. The Kier molecular flexibility index (Phi) is 5.76. The molecule has 0 unspecified atom stereocenters. The van der Waals surface area contributed by atoms with Crippen LogP contribution in [0, 0.1) is 0 Å². The molecule has 1 aromatic rings. The van der Waals surface area contributed by atoms with Crippen molar-refractivity contribution in [2.45, 2.75) is 12.5 Å². The van der Waals surface area contributed by atoms with Crippen LogP contribution < -0.4 is 5.32 Å². The van der Waals surface area contributed by atoms with Crippen LogP contribution in [0.15, 0.2) is 24.3 Å². The van der Waals surface area contributed by atoms with Gasteiger partial charge in [0.25, 0.3) is 0 Å². The molecule has 1 aliphatic heterocycles. The van der Waals surface area contributed by atoms with Gasteiger partial charge in [0.2, 0.25) is 0 Å². The molecule has 114 valence electrons. The second kappa shape index (κ2) is 7.56. The van der Waals surface area contributed by atoms with Crippen LogP contribution in [0.2, 0.25) is 5.02 Å². The van der Waals surface area contributed by atoms with Gasteiger partial charge in [-0.1, -0.05) is 29.8 Å². The Balaban J connectivity index is 2.11. The number of hydrogen-bond acceptors (Lipinski definition) is 3. The maximum Gasteiger partial charge on any atom is 0.331 e. The third-order valence-corrected chi connectivity index (χ3v) is 4.63. The summed E-state index contributed by atoms with van der Waals surface area (Å²) in [5.41, 5.74) is 0.393. The number of aliphatic carboxylic acids is 1. The summed E-state index contributed by atoms with van der Waals surface area (Å²) in [4.78, 5) is 25.4. The average Bonchev–Trinajstić information content (AvgIpc) is 2.74. The summed E-state index contributed by atoms with van der Waals surface area (Å²) in [6.45, 7) is 1.28. The molecule has 0 bridgehead atoms. The fourth-order valence-corrected chi connectivity index (χ4v) is 3.28. The van der Waals surface area contributed by atoms with Gasteiger partial charge in [0.05, 0.1) is 0 Å². The first-order valence-corrected chi connectivity index (χ1v) is 8.23. The van der Waals surface area contributed by atoms with Gasteiger partial charge in [-0.3, -0.25) is 0 Å². The number of carbonyl (C=O) groups is 2. The van der Waals surface area contributed by atoms with E-state index >= 15 is 0 Å². The molecule has 1 aliphatic rings. The average molecular weight is 329 g/mol. The zero-order valence-corrected chi connectivity index (χ0v) is 13.0. The maximum absolute atomic E-state index is 12.2. The highest BCUT2D eigenvalue weighted by atomic mass is 35.5. The van der Waals surface area contributed by atoms with Crippen molar-refractivity contribution in [3.8, 4) is 0 Å². The number of carboxylic acid groups (broad SMARTS) is 1. The minimum Gasteiger partial charge on any atom is -0.479 e. The maximum atomic E-state index is 12.2. The molecular formula is C14H17ClN2O3S. The van der Waals surface area contributed by atoms with E-state index in [9.17, 15) is 14.7 Å². The lowest BCUT2D eigenvalue weighted by Crippen LogP contribution is -2.44. The third kappa shape index (κ3) is 4.28. The molecule has 0 aliphatic carbocycles. The van der Waals surface area contributed by atoms with E-state index in [4.69, 9.17) is 11.6 Å². The van der Waals surface area contributed by atoms with Crippen molar-refractivity contribution >= 4 is 35.4 Å². The van der Waals surface area contributed by atoms with Crippen molar-refractivity contribution in [1.82, 2.24) is 10.2 Å². The van der Waals surface area contributed by atoms with Crippen LogP contribution in [0.1, 0.15) is 18.0 Å². The number of hydrogen-bond donors (Lipinski definition) is 2. The molecule has 1 fully saturated rings. The smallest absolute Gasteiger partial charge is 0.331 e. The minimum atomic E-state index is -1.14. The number of benzene rings is 1. The molecule has 0 radical (unpaired) electrons. The lowest BCUT2D eigenvalue weighted by atomic mass is 10.1. The van der Waals surface area contributed by atoms with Gasteiger partial charge in [0.15, 0.2) is 6.04 Å². The molecule has 2 N–H and O–H groups in total. The minimum absolute atomic E-state index is 0.330. The van der Waals surface area contributed by atoms with Crippen LogP contribution in [0.3, 0.4) is 0 Å². The number of carboxylic acids is 1. The lowest BCUT2D eigenvalue weighted by Gasteiger charge is -2.24. The predicted octanol–water partition coefficient (Wildman–Crippen LogP) is 2.61. The van der Waals surface area contributed by atoms with Crippen LogP contribution >= 0.6 is 23.4 Å². The van der Waals surface area contributed by atoms with Gasteiger partial charge >= 0.3 is 12.0 Å². The fraction of sp³-hybridized carbons (Fsp3) is 0.429. The molecule has 1 aromatic carbocycles. The number of urea groups is 1. The van der Waals surface area contributed by atoms with Crippen LogP contribution in [-0.4, -0.2) is 46.6 Å². The highest BCUT2D eigenvalue weighted by molar-refractivity contribution is 7.99. The van der Waals surface area contributed by atoms with Crippen molar-refractivity contribution in [3.05, 3.63) is 34.9 Å². The summed E-state index contributed by atoms with van der Waals surface area (Å²) in [6.07, 6.45) is 0.919. The summed E-state index contributed by atoms with van der Waals surface area (Å²) in [7, 11) is 0. The molecule has 2 amide bonds. The third-order valence-electron chi connectivity index (χ3n) is 3.24. The summed E-state index contributed by atoms with van der Waals surface area (Å²) >= 11 is 7.83. The molecule has 0 saturated carbocycles. The molecule has 5 nitrogen and oxygen atoms in total. The number of nitrogens with one attached hydrogen (secondary N) is 1. The molecule has 1 atom stereocenters. The van der Waals surface area contributed by atoms with Crippen LogP contribution in [0.5, 0.6) is 0 Å². The van der Waals surface area contributed by atoms with E-state index in [1.54, 1.807) is 40.9 Å². The highest BCUT2D eigenvalue weighted by Crippen LogP contribution is 2.23. The van der Waals surface area contributed by atoms with E-state index in [0.29, 0.717) is 23.7 Å². The first-order valence-electron chi connectivity index (χ1n) is 6.70. The van der Waals surface area contributed by atoms with Crippen LogP contribution in [0.25, 0.3) is 0 Å². The largest absolute Gasteiger partial charge is 0.479 e. The molecule has 1 saturated heterocycles. The Morgan fingerprint density at radius 1 is 1.29 bits per heavy atom. The number of thioether (sulfide) groups is 1. The van der Waals surface area contributed by atoms with Crippen LogP contribution in [0.4, 0.5) is 4.79 Å². The van der Waals surface area contributed by atoms with Gasteiger partial charge in [-0.05, 0) is 18.2 Å². The van der Waals surface area contributed by atoms with Gasteiger partial charge in [-0.15, -0.1) is 0 Å². The Morgan fingerprint density at radius 3 is 2.76 bits per heavy atom. The Labute approximate surface area is 132 Å². The van der Waals surface area contributed by atoms with Gasteiger partial charge in [-0.25, -0.2) is 9.59 Å². The van der Waals surface area contributed by atoms with Gasteiger partial charge in [-0.2, -0.15) is 11.8 Å². The number of nitrogens with zero attached hydrogens (tertiary/aromatic N) is 1. The number of halogens is 1. The molecule has 1 heterocycles. The lowest BCUT2D eigenvalue weighted by molar-refractivity contribution is -0.139. The van der Waals surface area contributed by atoms with Crippen molar-refractivity contribution in [3.63, 3.8) is 0 Å². The predicted molar refractivity (Wildman–Crippen MR) is 83.9 cm³/mol. The van der Waals surface area contributed by atoms with E-state index < -0.39 is 12.0 Å². The van der Waals surface area contributed by atoms with E-state index in [1.807, 2.05) is 0 Å². The Morgan fingerprint density at radius 2 is 2.05 bits per heavy atom. The van der Waals surface area contributed by atoms with E-state index in [0.717, 1.165) is 17.9 Å². The fourth-order valence-electron chi connectivity index (χ4n) is 2.15. The molecule has 2 rings (SSSR count). The van der Waals surface area contributed by atoms with Crippen molar-refractivity contribution in [2.75, 3.05) is 24.6 Å². The quantitative estimate of drug-likeness (QED) is 0.895. The summed E-state index contributed by atoms with van der Waals surface area (Å²) in [6, 6.07) is 5.15. The van der Waals surface area contributed by atoms with E-state index in [2.05, 4.69) is 5.32 Å². The highest BCUT2D eigenvalue weighted by Gasteiger charge is 2.26. The standard InChI is InChI=1S/C14H17ClN2O3S/c15-11-5-2-1-4-10(11)12(13(18)19)16-14(20)17-6-3-8-21-9-7-17/h1-2,4-5,12H,3,6-9H2,(H,16,20)(H,18,19)/t12-/m1/s1. The summed E-state index contributed by atoms with van der Waals surface area (Å²) in [5.74, 6) is 0.772. The Hall–Kier alpha value is -1.40. The van der Waals surface area contributed by atoms with E-state index in [1.165, 1.54) is 0 Å². The topological polar surface area (TPSA) is 69.6 Å². The Bertz CT molecular complexity index is 519. The van der Waals surface area contributed by atoms with Crippen molar-refractivity contribution in [2.24, 2.45) is 0 Å². The molecule has 0 aromatic heterocycles. The summed E-state index contributed by atoms with van der Waals surface area (Å²) < 4.78 is 0. The van der Waals surface area contributed by atoms with Crippen molar-refractivity contribution in [1.29, 1.82) is 0 Å². The zero-order valence-electron chi connectivity index (χ0n) is 11.4. The summed E-state index contributed by atoms with van der Waals surface area (Å²) in [5, 5.41) is 12.3. The number of rotatable bonds is 3. The second-order valence-corrected chi connectivity index (χ2v) is 6.33. The first kappa shape index (κ1) is 16.0. The zero-order chi connectivity index (χ0) is 15.2. The van der Waals surface area contributed by atoms with Gasteiger partial charge < -0.3 is 15.3 Å². The van der Waals surface area contributed by atoms with Gasteiger partial charge in [0, 0.05) is 29.4 Å². The monoisotopic (exact) mass is 328 g/mol. The molecule has 0 spiro atoms. The molecular weight excluding hydrogens is 312 g/mol. The molecule has 21 heavy (non-hydrogen) atoms. The SMILES string of the molecule is O=C(O)[C@H](NC(=O)N1CCCSCC1)c1ccccc1Cl. The molecule has 7 heteroatoms. The van der Waals surface area contributed by atoms with Crippen molar-refractivity contribution < 1.29 is 14.7 Å². The number of carbonyl (C=O) groups excluding carboxylic acids is 1. The van der Waals surface area contributed by atoms with Gasteiger partial charge in [0.1, 0.15) is 0 Å². The normalized spacial score (nSPS) is 16.9. The van der Waals surface area contributed by atoms with E-state index in [-0.39, 0.29) is 6.03 Å².